The molecule has 242 valence electrons. The SMILES string of the molecule is CCCCCCOC(=O)Nc1ccn([C@@H]2O[C@H](CO)[C@@H](OC(=O)CCCCCCC(=O)Nc3ccccc3)C2(F)F)c(=O)n1. The molecule has 2 amide bonds. The number of amides is 2. The van der Waals surface area contributed by atoms with E-state index >= 15 is 8.78 Å². The molecule has 1 saturated heterocycles. The molecule has 0 unspecified atom stereocenters. The number of aromatic nitrogens is 2. The molecule has 0 aliphatic carbocycles. The molecule has 14 heteroatoms. The summed E-state index contributed by atoms with van der Waals surface area (Å²) in [6, 6.07) is 10.2. The minimum atomic E-state index is -3.88. The van der Waals surface area contributed by atoms with Gasteiger partial charge in [0.15, 0.2) is 6.10 Å². The fraction of sp³-hybridized carbons (Fsp3) is 0.567. The minimum Gasteiger partial charge on any atom is -0.453 e. The van der Waals surface area contributed by atoms with Crippen LogP contribution in [0.25, 0.3) is 0 Å². The van der Waals surface area contributed by atoms with Crippen LogP contribution in [0.4, 0.5) is 25.1 Å². The Hall–Kier alpha value is -3.91. The van der Waals surface area contributed by atoms with Gasteiger partial charge in [-0.1, -0.05) is 57.2 Å². The Kier molecular flexibility index (Phi) is 13.7. The van der Waals surface area contributed by atoms with Gasteiger partial charge in [-0.15, -0.1) is 0 Å². The predicted molar refractivity (Wildman–Crippen MR) is 156 cm³/mol. The highest BCUT2D eigenvalue weighted by molar-refractivity contribution is 5.90. The summed E-state index contributed by atoms with van der Waals surface area (Å²) in [4.78, 5) is 52.5. The second-order valence-corrected chi connectivity index (χ2v) is 10.4. The largest absolute Gasteiger partial charge is 0.453 e. The minimum absolute atomic E-state index is 0.125. The van der Waals surface area contributed by atoms with Crippen molar-refractivity contribution >= 4 is 29.5 Å². The number of benzene rings is 1. The van der Waals surface area contributed by atoms with E-state index in [1.807, 2.05) is 25.1 Å². The monoisotopic (exact) mass is 622 g/mol. The van der Waals surface area contributed by atoms with Crippen LogP contribution in [0.2, 0.25) is 0 Å². The number of aliphatic hydroxyl groups excluding tert-OH is 1. The first kappa shape index (κ1) is 34.6. The van der Waals surface area contributed by atoms with Crippen LogP contribution in [0.15, 0.2) is 47.4 Å². The number of halogens is 2. The van der Waals surface area contributed by atoms with Crippen molar-refractivity contribution in [1.82, 2.24) is 9.55 Å². The fourth-order valence-corrected chi connectivity index (χ4v) is 4.61. The summed E-state index contributed by atoms with van der Waals surface area (Å²) in [5.41, 5.74) is -0.451. The van der Waals surface area contributed by atoms with Gasteiger partial charge in [-0.3, -0.25) is 19.5 Å². The molecule has 3 atom stereocenters. The van der Waals surface area contributed by atoms with E-state index in [0.29, 0.717) is 48.8 Å². The molecule has 0 saturated carbocycles. The van der Waals surface area contributed by atoms with Crippen LogP contribution in [-0.2, 0) is 23.8 Å². The number of anilines is 2. The zero-order valence-electron chi connectivity index (χ0n) is 24.7. The molecule has 1 aliphatic rings. The van der Waals surface area contributed by atoms with Crippen molar-refractivity contribution in [2.24, 2.45) is 0 Å². The molecule has 1 aromatic heterocycles. The van der Waals surface area contributed by atoms with Crippen LogP contribution in [0.5, 0.6) is 0 Å². The van der Waals surface area contributed by atoms with Gasteiger partial charge >= 0.3 is 23.7 Å². The number of carbonyl (C=O) groups is 3. The van der Waals surface area contributed by atoms with Crippen LogP contribution in [0, 0.1) is 0 Å². The van der Waals surface area contributed by atoms with E-state index in [9.17, 15) is 24.3 Å². The zero-order valence-corrected chi connectivity index (χ0v) is 24.7. The van der Waals surface area contributed by atoms with E-state index in [-0.39, 0.29) is 24.8 Å². The quantitative estimate of drug-likeness (QED) is 0.167. The third kappa shape index (κ3) is 10.4. The molecule has 0 spiro atoms. The number of nitrogens with zero attached hydrogens (tertiary/aromatic N) is 2. The van der Waals surface area contributed by atoms with E-state index in [0.717, 1.165) is 31.5 Å². The van der Waals surface area contributed by atoms with Crippen molar-refractivity contribution in [1.29, 1.82) is 0 Å². The molecule has 2 heterocycles. The summed E-state index contributed by atoms with van der Waals surface area (Å²) in [6.45, 7) is 1.34. The molecule has 12 nitrogen and oxygen atoms in total. The van der Waals surface area contributed by atoms with E-state index in [2.05, 4.69) is 15.6 Å². The first-order chi connectivity index (χ1) is 21.1. The first-order valence-corrected chi connectivity index (χ1v) is 14.9. The second-order valence-electron chi connectivity index (χ2n) is 10.4. The number of unbranched alkanes of at least 4 members (excludes halogenated alkanes) is 6. The standard InChI is InChI=1S/C30H40F2N4O8/c1-2-3-4-12-19-42-29(41)35-23-17-18-36(28(40)34-23)27-30(31,32)26(22(20-37)43-27)44-25(39)16-11-6-5-10-15-24(38)33-21-13-8-7-9-14-21/h7-9,13-14,17-18,22,26-27,37H,2-6,10-12,15-16,19-20H2,1H3,(H,33,38)(H,34,35,40,41)/t22-,26-,27-/m1/s1. The summed E-state index contributed by atoms with van der Waals surface area (Å²) in [6.07, 6.45) is 0.118. The third-order valence-corrected chi connectivity index (χ3v) is 6.92. The summed E-state index contributed by atoms with van der Waals surface area (Å²) in [5.74, 6) is -5.12. The summed E-state index contributed by atoms with van der Waals surface area (Å²) >= 11 is 0. The van der Waals surface area contributed by atoms with Crippen molar-refractivity contribution in [2.75, 3.05) is 23.8 Å². The van der Waals surface area contributed by atoms with E-state index in [1.165, 1.54) is 0 Å². The molecule has 1 aromatic carbocycles. The fourth-order valence-electron chi connectivity index (χ4n) is 4.61. The number of para-hydroxylation sites is 1. The number of alkyl halides is 2. The lowest BCUT2D eigenvalue weighted by atomic mass is 10.1. The topological polar surface area (TPSA) is 158 Å². The molecular weight excluding hydrogens is 582 g/mol. The van der Waals surface area contributed by atoms with E-state index in [4.69, 9.17) is 14.2 Å². The summed E-state index contributed by atoms with van der Waals surface area (Å²) in [5, 5.41) is 14.7. The Morgan fingerprint density at radius 2 is 1.70 bits per heavy atom. The van der Waals surface area contributed by atoms with Crippen molar-refractivity contribution in [3.8, 4) is 0 Å². The number of hydrogen-bond donors (Lipinski definition) is 3. The van der Waals surface area contributed by atoms with Crippen LogP contribution in [-0.4, -0.2) is 64.0 Å². The third-order valence-electron chi connectivity index (χ3n) is 6.92. The van der Waals surface area contributed by atoms with Crippen molar-refractivity contribution < 1.29 is 42.5 Å². The van der Waals surface area contributed by atoms with Gasteiger partial charge in [-0.25, -0.2) is 9.59 Å². The smallest absolute Gasteiger partial charge is 0.412 e. The predicted octanol–water partition coefficient (Wildman–Crippen LogP) is 4.79. The number of esters is 1. The van der Waals surface area contributed by atoms with Gasteiger partial charge in [0.05, 0.1) is 13.2 Å². The average molecular weight is 623 g/mol. The number of ether oxygens (including phenoxy) is 3. The number of hydrogen-bond acceptors (Lipinski definition) is 9. The molecule has 44 heavy (non-hydrogen) atoms. The molecule has 2 aromatic rings. The normalized spacial score (nSPS) is 18.9. The second kappa shape index (κ2) is 17.4. The molecule has 1 fully saturated rings. The Morgan fingerprint density at radius 3 is 2.39 bits per heavy atom. The van der Waals surface area contributed by atoms with Crippen LogP contribution >= 0.6 is 0 Å². The van der Waals surface area contributed by atoms with Gasteiger partial charge < -0.3 is 24.6 Å². The number of nitrogens with one attached hydrogen (secondary N) is 2. The molecule has 3 N–H and O–H groups in total. The number of rotatable bonds is 17. The van der Waals surface area contributed by atoms with Gasteiger partial charge in [-0.05, 0) is 37.5 Å². The average Bonchev–Trinajstić information content (AvgIpc) is 3.24. The van der Waals surface area contributed by atoms with Gasteiger partial charge in [-0.2, -0.15) is 13.8 Å². The highest BCUT2D eigenvalue weighted by atomic mass is 19.3. The Balaban J connectivity index is 1.45. The Morgan fingerprint density at radius 1 is 1.00 bits per heavy atom. The van der Waals surface area contributed by atoms with Crippen molar-refractivity contribution in [2.45, 2.75) is 95.5 Å². The van der Waals surface area contributed by atoms with Gasteiger partial charge in [0, 0.05) is 24.7 Å². The Bertz CT molecular complexity index is 1280. The highest BCUT2D eigenvalue weighted by Gasteiger charge is 2.62. The molecule has 3 rings (SSSR count). The highest BCUT2D eigenvalue weighted by Crippen LogP contribution is 2.44. The maximum absolute atomic E-state index is 15.4. The molecular formula is C30H40F2N4O8. The zero-order chi connectivity index (χ0) is 32.0. The van der Waals surface area contributed by atoms with Gasteiger partial charge in [0.2, 0.25) is 12.1 Å². The maximum Gasteiger partial charge on any atom is 0.412 e. The van der Waals surface area contributed by atoms with Crippen LogP contribution in [0.1, 0.15) is 77.4 Å². The van der Waals surface area contributed by atoms with E-state index < -0.39 is 48.7 Å². The molecule has 0 bridgehead atoms. The Labute approximate surface area is 254 Å². The molecule has 1 aliphatic heterocycles. The first-order valence-electron chi connectivity index (χ1n) is 14.9. The number of aliphatic hydroxyl groups is 1. The van der Waals surface area contributed by atoms with Crippen molar-refractivity contribution in [3.63, 3.8) is 0 Å². The summed E-state index contributed by atoms with van der Waals surface area (Å²) in [7, 11) is 0. The van der Waals surface area contributed by atoms with Crippen LogP contribution < -0.4 is 16.3 Å². The van der Waals surface area contributed by atoms with Gasteiger partial charge in [0.1, 0.15) is 11.9 Å². The van der Waals surface area contributed by atoms with Crippen molar-refractivity contribution in [3.05, 3.63) is 53.1 Å². The molecule has 0 radical (unpaired) electrons. The lowest BCUT2D eigenvalue weighted by Gasteiger charge is -2.24. The van der Waals surface area contributed by atoms with Gasteiger partial charge in [0.25, 0.3) is 0 Å². The maximum atomic E-state index is 15.4. The lowest BCUT2D eigenvalue weighted by molar-refractivity contribution is -0.176. The lowest BCUT2D eigenvalue weighted by Crippen LogP contribution is -2.44. The van der Waals surface area contributed by atoms with E-state index in [1.54, 1.807) is 12.1 Å². The summed E-state index contributed by atoms with van der Waals surface area (Å²) < 4.78 is 46.5. The number of carbonyl (C=O) groups excluding carboxylic acids is 3. The van der Waals surface area contributed by atoms with Crippen LogP contribution in [0.3, 0.4) is 0 Å².